The number of nitro benzene ring substituents is 1. The highest BCUT2D eigenvalue weighted by molar-refractivity contribution is 6.32. The molecule has 0 aliphatic carbocycles. The minimum absolute atomic E-state index is 0.0000899. The van der Waals surface area contributed by atoms with E-state index in [0.29, 0.717) is 17.7 Å². The maximum Gasteiger partial charge on any atom is 0.363 e. The number of cyclic esters (lactones) is 1. The molecule has 1 heterocycles. The number of hydrogen-bond acceptors (Lipinski definition) is 9. The van der Waals surface area contributed by atoms with Gasteiger partial charge in [0.15, 0.2) is 23.8 Å². The predicted octanol–water partition coefficient (Wildman–Crippen LogP) is 3.54. The van der Waals surface area contributed by atoms with Crippen molar-refractivity contribution in [3.63, 3.8) is 0 Å². The van der Waals surface area contributed by atoms with E-state index in [2.05, 4.69) is 9.73 Å². The van der Waals surface area contributed by atoms with E-state index >= 15 is 0 Å². The molecule has 0 saturated heterocycles. The number of rotatable bonds is 8. The summed E-state index contributed by atoms with van der Waals surface area (Å²) in [6.07, 6.45) is 1.44. The molecule has 0 fully saturated rings. The molecule has 32 heavy (non-hydrogen) atoms. The van der Waals surface area contributed by atoms with E-state index in [0.717, 1.165) is 0 Å². The smallest absolute Gasteiger partial charge is 0.363 e. The van der Waals surface area contributed by atoms with E-state index < -0.39 is 16.9 Å². The van der Waals surface area contributed by atoms with Crippen LogP contribution in [0.25, 0.3) is 6.08 Å². The number of aliphatic imine (C=N–C) groups is 1. The van der Waals surface area contributed by atoms with Gasteiger partial charge in [-0.1, -0.05) is 11.6 Å². The fourth-order valence-corrected chi connectivity index (χ4v) is 2.95. The number of hydrogen-bond donors (Lipinski definition) is 0. The highest BCUT2D eigenvalue weighted by Crippen LogP contribution is 2.37. The van der Waals surface area contributed by atoms with Gasteiger partial charge in [-0.15, -0.1) is 0 Å². The molecule has 0 atom stereocenters. The first kappa shape index (κ1) is 22.8. The summed E-state index contributed by atoms with van der Waals surface area (Å²) < 4.78 is 20.7. The van der Waals surface area contributed by atoms with Crippen molar-refractivity contribution in [3.05, 3.63) is 68.4 Å². The summed E-state index contributed by atoms with van der Waals surface area (Å²) in [6, 6.07) is 8.52. The van der Waals surface area contributed by atoms with Crippen LogP contribution in [-0.4, -0.2) is 43.1 Å². The van der Waals surface area contributed by atoms with Crippen LogP contribution in [0.2, 0.25) is 5.02 Å². The summed E-state index contributed by atoms with van der Waals surface area (Å²) in [4.78, 5) is 38.0. The third-order valence-corrected chi connectivity index (χ3v) is 4.42. The molecule has 10 nitrogen and oxygen atoms in total. The number of non-ortho nitro benzene ring substituents is 1. The zero-order chi connectivity index (χ0) is 23.3. The first-order chi connectivity index (χ1) is 15.3. The Morgan fingerprint density at radius 1 is 1.25 bits per heavy atom. The third-order valence-electron chi connectivity index (χ3n) is 4.14. The molecular weight excluding hydrogens is 444 g/mol. The van der Waals surface area contributed by atoms with Crippen LogP contribution in [0.5, 0.6) is 11.5 Å². The van der Waals surface area contributed by atoms with Crippen LogP contribution in [-0.2, 0) is 19.1 Å². The van der Waals surface area contributed by atoms with Gasteiger partial charge in [-0.25, -0.2) is 14.6 Å². The first-order valence-electron chi connectivity index (χ1n) is 9.25. The number of methoxy groups -OCH3 is 1. The van der Waals surface area contributed by atoms with Crippen LogP contribution in [0, 0.1) is 10.1 Å². The van der Waals surface area contributed by atoms with Crippen molar-refractivity contribution < 1.29 is 33.5 Å². The summed E-state index contributed by atoms with van der Waals surface area (Å²) in [5.41, 5.74) is 0.790. The molecule has 0 bridgehead atoms. The number of benzene rings is 2. The van der Waals surface area contributed by atoms with Crippen LogP contribution in [0.1, 0.15) is 18.1 Å². The maximum atomic E-state index is 12.3. The van der Waals surface area contributed by atoms with E-state index in [1.165, 1.54) is 43.5 Å². The zero-order valence-corrected chi connectivity index (χ0v) is 17.7. The van der Waals surface area contributed by atoms with Crippen molar-refractivity contribution in [1.29, 1.82) is 0 Å². The molecule has 2 aromatic rings. The second-order valence-corrected chi connectivity index (χ2v) is 6.68. The van der Waals surface area contributed by atoms with Gasteiger partial charge in [0.05, 0.1) is 23.7 Å². The first-order valence-corrected chi connectivity index (χ1v) is 9.63. The number of halogens is 1. The zero-order valence-electron chi connectivity index (χ0n) is 17.0. The Balaban J connectivity index is 1.90. The molecule has 11 heteroatoms. The Kier molecular flexibility index (Phi) is 7.06. The Bertz CT molecular complexity index is 1130. The largest absolute Gasteiger partial charge is 0.490 e. The SMILES string of the molecule is CCOc1cc(/C=C2\N=C(c3ccc([N+](=O)[O-])cc3)OC2=O)cc(Cl)c1OCC(=O)OC. The second-order valence-electron chi connectivity index (χ2n) is 6.27. The quantitative estimate of drug-likeness (QED) is 0.253. The number of esters is 2. The van der Waals surface area contributed by atoms with Crippen molar-refractivity contribution in [2.45, 2.75) is 6.92 Å². The van der Waals surface area contributed by atoms with Crippen LogP contribution < -0.4 is 9.47 Å². The summed E-state index contributed by atoms with van der Waals surface area (Å²) >= 11 is 6.29. The van der Waals surface area contributed by atoms with Gasteiger partial charge in [0.1, 0.15) is 0 Å². The van der Waals surface area contributed by atoms with Crippen LogP contribution >= 0.6 is 11.6 Å². The fourth-order valence-electron chi connectivity index (χ4n) is 2.68. The lowest BCUT2D eigenvalue weighted by Crippen LogP contribution is -2.13. The van der Waals surface area contributed by atoms with Crippen LogP contribution in [0.3, 0.4) is 0 Å². The van der Waals surface area contributed by atoms with Crippen LogP contribution in [0.4, 0.5) is 5.69 Å². The predicted molar refractivity (Wildman–Crippen MR) is 114 cm³/mol. The standard InChI is InChI=1S/C21H17ClN2O8/c1-3-30-17-10-12(8-15(22)19(17)31-11-18(25)29-2)9-16-21(26)32-20(23-16)13-4-6-14(7-5-13)24(27)28/h4-10H,3,11H2,1-2H3/b16-9-. The molecule has 0 spiro atoms. The molecule has 0 aromatic heterocycles. The van der Waals surface area contributed by atoms with Crippen molar-refractivity contribution in [2.24, 2.45) is 4.99 Å². The topological polar surface area (TPSA) is 127 Å². The summed E-state index contributed by atoms with van der Waals surface area (Å²) in [6.45, 7) is 1.71. The summed E-state index contributed by atoms with van der Waals surface area (Å²) in [5.74, 6) is -0.841. The molecule has 3 rings (SSSR count). The minimum Gasteiger partial charge on any atom is -0.490 e. The summed E-state index contributed by atoms with van der Waals surface area (Å²) in [7, 11) is 1.23. The van der Waals surface area contributed by atoms with E-state index in [9.17, 15) is 19.7 Å². The number of nitrogens with zero attached hydrogens (tertiary/aromatic N) is 2. The van der Waals surface area contributed by atoms with E-state index in [4.69, 9.17) is 25.8 Å². The molecule has 0 amide bonds. The molecule has 1 aliphatic heterocycles. The van der Waals surface area contributed by atoms with E-state index in [1.54, 1.807) is 13.0 Å². The molecule has 0 saturated carbocycles. The molecular formula is C21H17ClN2O8. The molecule has 166 valence electrons. The van der Waals surface area contributed by atoms with Gasteiger partial charge in [0.25, 0.3) is 5.69 Å². The van der Waals surface area contributed by atoms with Gasteiger partial charge in [-0.2, -0.15) is 0 Å². The Hall–Kier alpha value is -3.92. The fraction of sp³-hybridized carbons (Fsp3) is 0.190. The average molecular weight is 461 g/mol. The molecule has 1 aliphatic rings. The highest BCUT2D eigenvalue weighted by atomic mass is 35.5. The Labute approximate surface area is 187 Å². The number of carbonyl (C=O) groups is 2. The summed E-state index contributed by atoms with van der Waals surface area (Å²) in [5, 5.41) is 10.9. The molecule has 0 unspecified atom stereocenters. The van der Waals surface area contributed by atoms with Crippen LogP contribution in [0.15, 0.2) is 47.1 Å². The Morgan fingerprint density at radius 3 is 2.59 bits per heavy atom. The van der Waals surface area contributed by atoms with Gasteiger partial charge in [0.2, 0.25) is 5.90 Å². The Morgan fingerprint density at radius 2 is 1.97 bits per heavy atom. The van der Waals surface area contributed by atoms with E-state index in [1.807, 2.05) is 0 Å². The molecule has 0 N–H and O–H groups in total. The number of carbonyl (C=O) groups excluding carboxylic acids is 2. The molecule has 2 aromatic carbocycles. The average Bonchev–Trinajstić information content (AvgIpc) is 3.13. The lowest BCUT2D eigenvalue weighted by Gasteiger charge is -2.13. The van der Waals surface area contributed by atoms with Gasteiger partial charge in [-0.05, 0) is 42.8 Å². The number of ether oxygens (including phenoxy) is 4. The minimum atomic E-state index is -0.696. The van der Waals surface area contributed by atoms with Gasteiger partial charge < -0.3 is 18.9 Å². The number of nitro groups is 1. The van der Waals surface area contributed by atoms with Crippen molar-refractivity contribution in [2.75, 3.05) is 20.3 Å². The molecule has 0 radical (unpaired) electrons. The van der Waals surface area contributed by atoms with Gasteiger partial charge in [0, 0.05) is 17.7 Å². The third kappa shape index (κ3) is 5.22. The monoisotopic (exact) mass is 460 g/mol. The van der Waals surface area contributed by atoms with Crippen molar-refractivity contribution in [3.8, 4) is 11.5 Å². The lowest BCUT2D eigenvalue weighted by atomic mass is 10.1. The van der Waals surface area contributed by atoms with E-state index in [-0.39, 0.29) is 40.4 Å². The van der Waals surface area contributed by atoms with Gasteiger partial charge in [-0.3, -0.25) is 10.1 Å². The highest BCUT2D eigenvalue weighted by Gasteiger charge is 2.25. The second kappa shape index (κ2) is 9.92. The van der Waals surface area contributed by atoms with Crippen molar-refractivity contribution in [1.82, 2.24) is 0 Å². The van der Waals surface area contributed by atoms with Crippen molar-refractivity contribution >= 4 is 41.2 Å². The van der Waals surface area contributed by atoms with Gasteiger partial charge >= 0.3 is 11.9 Å². The maximum absolute atomic E-state index is 12.3. The lowest BCUT2D eigenvalue weighted by molar-refractivity contribution is -0.384. The normalized spacial score (nSPS) is 14.0.